The largest absolute Gasteiger partial charge is 0 e. The molecule has 0 spiro atoms. The summed E-state index contributed by atoms with van der Waals surface area (Å²) in [5.74, 6) is 0. The van der Waals surface area contributed by atoms with Crippen LogP contribution in [0.25, 0.3) is 0 Å². The molecule has 0 atom stereocenters. The van der Waals surface area contributed by atoms with Crippen LogP contribution in [0.15, 0.2) is 0 Å². The van der Waals surface area contributed by atoms with Crippen LogP contribution in [0.4, 0.5) is 0 Å². The average molecular weight is 181 g/mol. The summed E-state index contributed by atoms with van der Waals surface area (Å²) in [6, 6.07) is 0. The zero-order valence-corrected chi connectivity index (χ0v) is 8.20. The van der Waals surface area contributed by atoms with E-state index in [1.54, 1.807) is 0 Å². The molecule has 0 unspecified atom stereocenters. The molecule has 0 aromatic heterocycles. The van der Waals surface area contributed by atoms with Crippen molar-refractivity contribution in [1.82, 2.24) is 0 Å². The van der Waals surface area contributed by atoms with E-state index in [-0.39, 0.29) is 51.4 Å². The minimum absolute atomic E-state index is 0. The van der Waals surface area contributed by atoms with Crippen LogP contribution >= 0.6 is 0 Å². The van der Waals surface area contributed by atoms with Gasteiger partial charge in [-0.25, -0.2) is 0 Å². The minimum atomic E-state index is -5.12. The van der Waals surface area contributed by atoms with E-state index < -0.39 is 14.5 Å². The first-order valence-electron chi connectivity index (χ1n) is 0.783. The Morgan fingerprint density at radius 2 is 1.17 bits per heavy atom. The van der Waals surface area contributed by atoms with Crippen LogP contribution in [0.2, 0.25) is 0 Å². The van der Waals surface area contributed by atoms with Gasteiger partial charge >= 0.3 is 30.5 Å². The van der Waals surface area contributed by atoms with Gasteiger partial charge in [-0.2, -0.15) is 0 Å². The van der Waals surface area contributed by atoms with E-state index in [0.29, 0.717) is 0 Å². The second kappa shape index (κ2) is 3.83. The van der Waals surface area contributed by atoms with Crippen LogP contribution < -0.4 is 0 Å². The van der Waals surface area contributed by atoms with Gasteiger partial charge in [0, 0.05) is 51.4 Å². The molecule has 33 valence electrons. The number of rotatable bonds is 0. The van der Waals surface area contributed by atoms with Crippen molar-refractivity contribution in [3.63, 3.8) is 0 Å². The fourth-order valence-corrected chi connectivity index (χ4v) is 0. The summed E-state index contributed by atoms with van der Waals surface area (Å²) in [7, 11) is 0. The zero-order chi connectivity index (χ0) is 4.50. The molecule has 0 bridgehead atoms. The molecular weight excluding hydrogens is 178 g/mol. The van der Waals surface area contributed by atoms with Crippen molar-refractivity contribution in [1.29, 1.82) is 0 Å². The molecule has 0 aliphatic carbocycles. The van der Waals surface area contributed by atoms with Crippen LogP contribution in [-0.2, 0) is 3.74 Å². The molecule has 3 N–H and O–H groups in total. The molecule has 0 amide bonds. The second-order valence-corrected chi connectivity index (χ2v) is 2.67. The minimum Gasteiger partial charge on any atom is 0 e. The van der Waals surface area contributed by atoms with Gasteiger partial charge in [-0.1, -0.05) is 0 Å². The third-order valence-corrected chi connectivity index (χ3v) is 0. The van der Waals surface area contributed by atoms with E-state index in [4.69, 9.17) is 16.0 Å². The molecular formula is H3AsKO4. The summed E-state index contributed by atoms with van der Waals surface area (Å²) >= 11 is -5.12. The Morgan fingerprint density at radius 3 is 1.17 bits per heavy atom. The van der Waals surface area contributed by atoms with Crippen molar-refractivity contribution in [3.8, 4) is 0 Å². The Morgan fingerprint density at radius 1 is 1.17 bits per heavy atom. The average Bonchev–Trinajstić information content (AvgIpc) is 0.722. The summed E-state index contributed by atoms with van der Waals surface area (Å²) < 4.78 is 30.7. The van der Waals surface area contributed by atoms with Crippen LogP contribution in [0.3, 0.4) is 0 Å². The smallest absolute Gasteiger partial charge is 0 e. The van der Waals surface area contributed by atoms with Crippen LogP contribution in [0.1, 0.15) is 0 Å². The maximum atomic E-state index is 8.94. The van der Waals surface area contributed by atoms with Crippen LogP contribution in [0.5, 0.6) is 0 Å². The zero-order valence-electron chi connectivity index (χ0n) is 3.20. The van der Waals surface area contributed by atoms with Gasteiger partial charge in [0.05, 0.1) is 0 Å². The van der Waals surface area contributed by atoms with Crippen molar-refractivity contribution >= 4 is 65.9 Å². The molecule has 0 aliphatic rings. The first kappa shape index (κ1) is 10.8. The van der Waals surface area contributed by atoms with Crippen LogP contribution in [-0.4, -0.2) is 78.2 Å². The molecule has 0 saturated carbocycles. The van der Waals surface area contributed by atoms with Crippen molar-refractivity contribution < 1.29 is 16.0 Å². The SMILES string of the molecule is O=[As](O)(O)O.[K]. The predicted octanol–water partition coefficient (Wildman–Crippen LogP) is -2.55. The van der Waals surface area contributed by atoms with E-state index in [1.807, 2.05) is 0 Å². The molecule has 0 heterocycles. The van der Waals surface area contributed by atoms with E-state index in [1.165, 1.54) is 0 Å². The molecule has 0 fully saturated rings. The van der Waals surface area contributed by atoms with E-state index in [9.17, 15) is 0 Å². The molecule has 6 heteroatoms. The van der Waals surface area contributed by atoms with Gasteiger partial charge < -0.3 is 0 Å². The molecule has 1 radical (unpaired) electrons. The molecule has 0 aliphatic heterocycles. The van der Waals surface area contributed by atoms with E-state index in [2.05, 4.69) is 0 Å². The fourth-order valence-electron chi connectivity index (χ4n) is 0. The van der Waals surface area contributed by atoms with E-state index in [0.717, 1.165) is 0 Å². The Bertz CT molecular complexity index is 53.7. The quantitative estimate of drug-likeness (QED) is 0.359. The Balaban J connectivity index is 0. The van der Waals surface area contributed by atoms with Crippen LogP contribution in [0, 0.1) is 0 Å². The van der Waals surface area contributed by atoms with Crippen molar-refractivity contribution in [2.45, 2.75) is 0 Å². The van der Waals surface area contributed by atoms with Gasteiger partial charge in [-0.15, -0.1) is 0 Å². The monoisotopic (exact) mass is 181 g/mol. The number of hydrogen-bond acceptors (Lipinski definition) is 1. The summed E-state index contributed by atoms with van der Waals surface area (Å²) in [6.45, 7) is 0. The molecule has 0 aromatic rings. The fraction of sp³-hybridized carbons (Fsp3) is 0. The van der Waals surface area contributed by atoms with Gasteiger partial charge in [0.25, 0.3) is 0 Å². The van der Waals surface area contributed by atoms with Gasteiger partial charge in [0.15, 0.2) is 0 Å². The van der Waals surface area contributed by atoms with Gasteiger partial charge in [0.2, 0.25) is 0 Å². The van der Waals surface area contributed by atoms with Gasteiger partial charge in [0.1, 0.15) is 0 Å². The summed E-state index contributed by atoms with van der Waals surface area (Å²) in [5.41, 5.74) is 0. The first-order chi connectivity index (χ1) is 2.00. The Hall–Kier alpha value is 1.87. The first-order valence-corrected chi connectivity index (χ1v) is 4.07. The Labute approximate surface area is 80.3 Å². The summed E-state index contributed by atoms with van der Waals surface area (Å²) in [5, 5.41) is 0. The van der Waals surface area contributed by atoms with Gasteiger partial charge in [-0.05, 0) is 0 Å². The van der Waals surface area contributed by atoms with Crippen molar-refractivity contribution in [3.05, 3.63) is 0 Å². The molecule has 0 rings (SSSR count). The topological polar surface area (TPSA) is 77.8 Å². The maximum Gasteiger partial charge on any atom is 0 e. The normalized spacial score (nSPS) is 9.83. The molecule has 4 nitrogen and oxygen atoms in total. The molecule has 0 saturated heterocycles. The van der Waals surface area contributed by atoms with Gasteiger partial charge in [-0.3, -0.25) is 0 Å². The molecule has 0 aromatic carbocycles. The third-order valence-electron chi connectivity index (χ3n) is 0. The molecule has 6 heavy (non-hydrogen) atoms. The number of hydrogen-bond donors (Lipinski definition) is 3. The maximum absolute atomic E-state index is 8.94. The van der Waals surface area contributed by atoms with E-state index >= 15 is 0 Å². The standard InChI is InChI=1S/AsH3O4.K/c2-1(3,4)5;/h(H3,2,3,4,5);. The predicted molar refractivity (Wildman–Crippen MR) is 18.9 cm³/mol. The second-order valence-electron chi connectivity index (χ2n) is 0.513. The third kappa shape index (κ3) is 39.7. The summed E-state index contributed by atoms with van der Waals surface area (Å²) in [6.07, 6.45) is 0. The van der Waals surface area contributed by atoms with Crippen molar-refractivity contribution in [2.24, 2.45) is 0 Å². The Kier molecular flexibility index (Phi) is 6.88. The summed E-state index contributed by atoms with van der Waals surface area (Å²) in [4.78, 5) is 0. The van der Waals surface area contributed by atoms with Crippen molar-refractivity contribution in [2.75, 3.05) is 0 Å².